The standard InChI is InChI=1S/C12H14N6O3/c13-9-2-3-11(18(20)21)10(8-9)12(19)14-4-1-6-17-7-5-15-16-17/h2-3,5,7-8H,1,4,6,13H2,(H,14,19). The van der Waals surface area contributed by atoms with Crippen molar-refractivity contribution in [3.63, 3.8) is 0 Å². The highest BCUT2D eigenvalue weighted by Crippen LogP contribution is 2.20. The Morgan fingerprint density at radius 3 is 2.95 bits per heavy atom. The van der Waals surface area contributed by atoms with Gasteiger partial charge in [0.1, 0.15) is 5.56 Å². The molecule has 0 saturated carbocycles. The molecule has 9 heteroatoms. The number of carbonyl (C=O) groups is 1. The quantitative estimate of drug-likeness (QED) is 0.346. The Balaban J connectivity index is 1.93. The molecule has 0 saturated heterocycles. The monoisotopic (exact) mass is 290 g/mol. The zero-order valence-corrected chi connectivity index (χ0v) is 11.1. The van der Waals surface area contributed by atoms with Gasteiger partial charge in [-0.1, -0.05) is 5.21 Å². The Kier molecular flexibility index (Phi) is 4.44. The van der Waals surface area contributed by atoms with Crippen LogP contribution >= 0.6 is 0 Å². The normalized spacial score (nSPS) is 10.3. The van der Waals surface area contributed by atoms with Gasteiger partial charge in [0, 0.05) is 31.0 Å². The van der Waals surface area contributed by atoms with Crippen LogP contribution in [-0.4, -0.2) is 32.4 Å². The van der Waals surface area contributed by atoms with Gasteiger partial charge in [-0.15, -0.1) is 5.10 Å². The Morgan fingerprint density at radius 2 is 2.29 bits per heavy atom. The van der Waals surface area contributed by atoms with Crippen LogP contribution in [0.4, 0.5) is 11.4 Å². The van der Waals surface area contributed by atoms with E-state index in [2.05, 4.69) is 15.6 Å². The number of anilines is 1. The lowest BCUT2D eigenvalue weighted by molar-refractivity contribution is -0.385. The van der Waals surface area contributed by atoms with E-state index in [1.807, 2.05) is 0 Å². The van der Waals surface area contributed by atoms with E-state index in [-0.39, 0.29) is 11.3 Å². The van der Waals surface area contributed by atoms with Crippen LogP contribution in [0.3, 0.4) is 0 Å². The van der Waals surface area contributed by atoms with Gasteiger partial charge < -0.3 is 11.1 Å². The lowest BCUT2D eigenvalue weighted by atomic mass is 10.1. The first kappa shape index (κ1) is 14.4. The van der Waals surface area contributed by atoms with Gasteiger partial charge in [-0.25, -0.2) is 0 Å². The SMILES string of the molecule is Nc1ccc([N+](=O)[O-])c(C(=O)NCCCn2ccnn2)c1. The van der Waals surface area contributed by atoms with E-state index in [1.54, 1.807) is 17.1 Å². The van der Waals surface area contributed by atoms with Crippen molar-refractivity contribution in [2.45, 2.75) is 13.0 Å². The van der Waals surface area contributed by atoms with E-state index in [0.29, 0.717) is 25.2 Å². The van der Waals surface area contributed by atoms with Crippen molar-refractivity contribution in [2.24, 2.45) is 0 Å². The highest BCUT2D eigenvalue weighted by Gasteiger charge is 2.19. The van der Waals surface area contributed by atoms with Crippen molar-refractivity contribution >= 4 is 17.3 Å². The van der Waals surface area contributed by atoms with Crippen LogP contribution in [0.25, 0.3) is 0 Å². The summed E-state index contributed by atoms with van der Waals surface area (Å²) in [5.41, 5.74) is 5.56. The van der Waals surface area contributed by atoms with E-state index in [1.165, 1.54) is 18.2 Å². The van der Waals surface area contributed by atoms with Gasteiger partial charge in [0.25, 0.3) is 11.6 Å². The van der Waals surface area contributed by atoms with Crippen LogP contribution in [-0.2, 0) is 6.54 Å². The van der Waals surface area contributed by atoms with Gasteiger partial charge >= 0.3 is 0 Å². The molecule has 0 atom stereocenters. The second-order valence-corrected chi connectivity index (χ2v) is 4.31. The second-order valence-electron chi connectivity index (χ2n) is 4.31. The van der Waals surface area contributed by atoms with E-state index in [9.17, 15) is 14.9 Å². The van der Waals surface area contributed by atoms with E-state index in [4.69, 9.17) is 5.73 Å². The number of nitro benzene ring substituents is 1. The molecule has 0 bridgehead atoms. The summed E-state index contributed by atoms with van der Waals surface area (Å²) in [5.74, 6) is -0.521. The molecular weight excluding hydrogens is 276 g/mol. The maximum atomic E-state index is 12.0. The molecule has 9 nitrogen and oxygen atoms in total. The predicted molar refractivity (Wildman–Crippen MR) is 74.5 cm³/mol. The highest BCUT2D eigenvalue weighted by atomic mass is 16.6. The number of nitrogens with one attached hydrogen (secondary N) is 1. The smallest absolute Gasteiger partial charge is 0.282 e. The molecule has 0 fully saturated rings. The summed E-state index contributed by atoms with van der Waals surface area (Å²) < 4.78 is 1.63. The van der Waals surface area contributed by atoms with Crippen molar-refractivity contribution < 1.29 is 9.72 Å². The van der Waals surface area contributed by atoms with Gasteiger partial charge in [-0.2, -0.15) is 0 Å². The fourth-order valence-electron chi connectivity index (χ4n) is 1.78. The second kappa shape index (κ2) is 6.46. The summed E-state index contributed by atoms with van der Waals surface area (Å²) in [6, 6.07) is 3.91. The summed E-state index contributed by atoms with van der Waals surface area (Å²) in [7, 11) is 0. The maximum Gasteiger partial charge on any atom is 0.282 e. The number of carbonyl (C=O) groups excluding carboxylic acids is 1. The molecule has 110 valence electrons. The topological polar surface area (TPSA) is 129 Å². The number of nitrogens with two attached hydrogens (primary N) is 1. The molecule has 0 aliphatic carbocycles. The minimum Gasteiger partial charge on any atom is -0.399 e. The summed E-state index contributed by atoms with van der Waals surface area (Å²) in [5, 5.41) is 21.0. The first-order chi connectivity index (χ1) is 10.1. The van der Waals surface area contributed by atoms with Gasteiger partial charge in [-0.05, 0) is 18.6 Å². The first-order valence-corrected chi connectivity index (χ1v) is 6.24. The van der Waals surface area contributed by atoms with Crippen molar-refractivity contribution in [2.75, 3.05) is 12.3 Å². The third-order valence-electron chi connectivity index (χ3n) is 2.78. The summed E-state index contributed by atoms with van der Waals surface area (Å²) in [6.45, 7) is 0.962. The minimum absolute atomic E-state index is 0.0410. The van der Waals surface area contributed by atoms with Crippen LogP contribution in [0.5, 0.6) is 0 Å². The maximum absolute atomic E-state index is 12.0. The van der Waals surface area contributed by atoms with Crippen LogP contribution in [0.15, 0.2) is 30.6 Å². The minimum atomic E-state index is -0.607. The highest BCUT2D eigenvalue weighted by molar-refractivity contribution is 5.99. The fourth-order valence-corrected chi connectivity index (χ4v) is 1.78. The number of nitro groups is 1. The number of benzene rings is 1. The van der Waals surface area contributed by atoms with Crippen LogP contribution in [0.1, 0.15) is 16.8 Å². The number of aryl methyl sites for hydroxylation is 1. The largest absolute Gasteiger partial charge is 0.399 e. The van der Waals surface area contributed by atoms with Crippen molar-refractivity contribution in [1.29, 1.82) is 0 Å². The molecule has 1 amide bonds. The average molecular weight is 290 g/mol. The zero-order valence-electron chi connectivity index (χ0n) is 11.1. The van der Waals surface area contributed by atoms with Crippen molar-refractivity contribution in [3.05, 3.63) is 46.3 Å². The van der Waals surface area contributed by atoms with Gasteiger partial charge in [0.15, 0.2) is 0 Å². The number of hydrogen-bond acceptors (Lipinski definition) is 6. The molecule has 0 aliphatic rings. The fraction of sp³-hybridized carbons (Fsp3) is 0.250. The molecule has 21 heavy (non-hydrogen) atoms. The number of amides is 1. The molecule has 2 aromatic rings. The van der Waals surface area contributed by atoms with Crippen LogP contribution in [0.2, 0.25) is 0 Å². The number of rotatable bonds is 6. The van der Waals surface area contributed by atoms with Gasteiger partial charge in [-0.3, -0.25) is 19.6 Å². The first-order valence-electron chi connectivity index (χ1n) is 6.24. The molecule has 3 N–H and O–H groups in total. The Morgan fingerprint density at radius 1 is 1.48 bits per heavy atom. The van der Waals surface area contributed by atoms with E-state index in [0.717, 1.165) is 0 Å². The molecule has 1 aromatic carbocycles. The van der Waals surface area contributed by atoms with Crippen molar-refractivity contribution in [1.82, 2.24) is 20.3 Å². The van der Waals surface area contributed by atoms with E-state index >= 15 is 0 Å². The summed E-state index contributed by atoms with van der Waals surface area (Å²) in [4.78, 5) is 22.3. The third kappa shape index (κ3) is 3.75. The number of hydrogen-bond donors (Lipinski definition) is 2. The van der Waals surface area contributed by atoms with Crippen LogP contribution in [0, 0.1) is 10.1 Å². The lowest BCUT2D eigenvalue weighted by Gasteiger charge is -2.06. The number of nitrogens with zero attached hydrogens (tertiary/aromatic N) is 4. The zero-order chi connectivity index (χ0) is 15.2. The summed E-state index contributed by atoms with van der Waals surface area (Å²) in [6.07, 6.45) is 3.91. The molecule has 0 unspecified atom stereocenters. The molecule has 0 spiro atoms. The molecule has 0 radical (unpaired) electrons. The van der Waals surface area contributed by atoms with Crippen LogP contribution < -0.4 is 11.1 Å². The lowest BCUT2D eigenvalue weighted by Crippen LogP contribution is -2.26. The Hall–Kier alpha value is -2.97. The number of aromatic nitrogens is 3. The predicted octanol–water partition coefficient (Wildman–Crippen LogP) is 0.589. The van der Waals surface area contributed by atoms with Gasteiger partial charge in [0.2, 0.25) is 0 Å². The molecule has 1 heterocycles. The van der Waals surface area contributed by atoms with Crippen molar-refractivity contribution in [3.8, 4) is 0 Å². The number of nitrogen functional groups attached to an aromatic ring is 1. The molecule has 1 aromatic heterocycles. The average Bonchev–Trinajstić information content (AvgIpc) is 2.96. The van der Waals surface area contributed by atoms with E-state index < -0.39 is 10.8 Å². The molecule has 0 aliphatic heterocycles. The van der Waals surface area contributed by atoms with Gasteiger partial charge in [0.05, 0.1) is 11.1 Å². The molecule has 2 rings (SSSR count). The molecular formula is C12H14N6O3. The third-order valence-corrected chi connectivity index (χ3v) is 2.78. The Bertz CT molecular complexity index is 640. The Labute approximate surface area is 119 Å². The summed E-state index contributed by atoms with van der Waals surface area (Å²) >= 11 is 0.